The zero-order valence-corrected chi connectivity index (χ0v) is 26.6. The van der Waals surface area contributed by atoms with Gasteiger partial charge < -0.3 is 42.5 Å². The summed E-state index contributed by atoms with van der Waals surface area (Å²) in [6, 6.07) is 13.0. The van der Waals surface area contributed by atoms with Crippen molar-refractivity contribution in [2.75, 3.05) is 0 Å². The van der Waals surface area contributed by atoms with Gasteiger partial charge in [0.05, 0.1) is 6.42 Å². The number of aromatic amines is 1. The van der Waals surface area contributed by atoms with Crippen molar-refractivity contribution < 1.29 is 33.5 Å². The van der Waals surface area contributed by atoms with E-state index in [-0.39, 0.29) is 19.4 Å². The molecule has 47 heavy (non-hydrogen) atoms. The van der Waals surface area contributed by atoms with E-state index in [9.17, 15) is 28.8 Å². The second-order valence-corrected chi connectivity index (χ2v) is 12.1. The average molecular weight is 648 g/mol. The van der Waals surface area contributed by atoms with Gasteiger partial charge in [0.1, 0.15) is 30.3 Å². The smallest absolute Gasteiger partial charge is 0.408 e. The van der Waals surface area contributed by atoms with Gasteiger partial charge in [-0.05, 0) is 42.9 Å². The lowest BCUT2D eigenvalue weighted by Gasteiger charge is -2.39. The first-order chi connectivity index (χ1) is 22.3. The Morgan fingerprint density at radius 3 is 2.23 bits per heavy atom. The van der Waals surface area contributed by atoms with Crippen molar-refractivity contribution in [3.8, 4) is 0 Å². The van der Waals surface area contributed by atoms with Crippen LogP contribution in [0, 0.1) is 5.92 Å². The summed E-state index contributed by atoms with van der Waals surface area (Å²) in [5.74, 6) is -4.30. The predicted molar refractivity (Wildman–Crippen MR) is 172 cm³/mol. The van der Waals surface area contributed by atoms with Crippen LogP contribution < -0.4 is 32.7 Å². The van der Waals surface area contributed by atoms with Crippen LogP contribution in [0.15, 0.2) is 54.6 Å². The first-order valence-corrected chi connectivity index (χ1v) is 15.4. The van der Waals surface area contributed by atoms with Crippen LogP contribution in [0.4, 0.5) is 4.79 Å². The van der Waals surface area contributed by atoms with Crippen LogP contribution in [0.5, 0.6) is 0 Å². The molecule has 1 aliphatic rings. The Bertz CT molecular complexity index is 1660. The molecule has 6 amide bonds. The Balaban J connectivity index is 1.56. The number of nitrogens with two attached hydrogens (primary N) is 2. The number of H-pyrrole nitrogens is 1. The molecule has 0 unspecified atom stereocenters. The molecule has 2 aromatic carbocycles. The van der Waals surface area contributed by atoms with Gasteiger partial charge >= 0.3 is 6.09 Å². The van der Waals surface area contributed by atoms with Crippen molar-refractivity contribution in [3.05, 3.63) is 71.4 Å². The fraction of sp³-hybridized carbons (Fsp3) is 0.394. The Morgan fingerprint density at radius 2 is 1.57 bits per heavy atom. The molecule has 0 aliphatic heterocycles. The molecule has 250 valence electrons. The predicted octanol–water partition coefficient (Wildman–Crippen LogP) is 0.813. The second kappa shape index (κ2) is 14.8. The Labute approximate surface area is 271 Å². The minimum Gasteiger partial charge on any atom is -0.445 e. The highest BCUT2D eigenvalue weighted by Gasteiger charge is 2.46. The normalized spacial score (nSPS) is 17.4. The molecule has 9 N–H and O–H groups in total. The number of primary amides is 2. The summed E-state index contributed by atoms with van der Waals surface area (Å²) in [5.41, 5.74) is 12.5. The number of rotatable bonds is 13. The van der Waals surface area contributed by atoms with Crippen LogP contribution in [-0.2, 0) is 48.2 Å². The van der Waals surface area contributed by atoms with Gasteiger partial charge in [0.2, 0.25) is 29.5 Å². The van der Waals surface area contributed by atoms with Crippen molar-refractivity contribution in [2.45, 2.75) is 76.7 Å². The van der Waals surface area contributed by atoms with Gasteiger partial charge in [-0.2, -0.15) is 0 Å². The van der Waals surface area contributed by atoms with Crippen molar-refractivity contribution in [1.82, 2.24) is 26.3 Å². The van der Waals surface area contributed by atoms with Gasteiger partial charge in [0, 0.05) is 23.0 Å². The van der Waals surface area contributed by atoms with Crippen LogP contribution in [0.3, 0.4) is 0 Å². The molecule has 1 aliphatic carbocycles. The highest BCUT2D eigenvalue weighted by atomic mass is 16.5. The molecule has 0 bridgehead atoms. The molecule has 1 aromatic heterocycles. The van der Waals surface area contributed by atoms with Crippen molar-refractivity contribution in [1.29, 1.82) is 0 Å². The van der Waals surface area contributed by atoms with Gasteiger partial charge in [-0.25, -0.2) is 4.79 Å². The Kier molecular flexibility index (Phi) is 10.9. The fourth-order valence-corrected chi connectivity index (χ4v) is 5.61. The van der Waals surface area contributed by atoms with E-state index in [0.29, 0.717) is 6.42 Å². The third-order valence-electron chi connectivity index (χ3n) is 8.22. The topological polar surface area (TPSA) is 228 Å². The van der Waals surface area contributed by atoms with Crippen molar-refractivity contribution in [3.63, 3.8) is 0 Å². The number of amides is 6. The SMILES string of the molecule is CC(C)[C@H](NC(=O)[C@@]1(NC(=O)[C@H](C)NC(=O)OCc2ccccc2)CCc2[nH]c3ccccc3c2C1)C(=O)N[C@@H](CC(N)=O)C(N)=O. The Hall–Kier alpha value is -5.40. The van der Waals surface area contributed by atoms with Crippen molar-refractivity contribution >= 4 is 46.5 Å². The maximum Gasteiger partial charge on any atom is 0.408 e. The van der Waals surface area contributed by atoms with Gasteiger partial charge in [-0.15, -0.1) is 0 Å². The van der Waals surface area contributed by atoms with E-state index in [1.807, 2.05) is 42.5 Å². The molecular formula is C33H41N7O7. The fourth-order valence-electron chi connectivity index (χ4n) is 5.61. The molecule has 0 saturated carbocycles. The number of hydrogen-bond donors (Lipinski definition) is 7. The van der Waals surface area contributed by atoms with Crippen molar-refractivity contribution in [2.24, 2.45) is 17.4 Å². The number of aryl methyl sites for hydroxylation is 1. The zero-order valence-electron chi connectivity index (χ0n) is 26.6. The number of alkyl carbamates (subject to hydrolysis) is 1. The van der Waals surface area contributed by atoms with Crippen LogP contribution in [-0.4, -0.2) is 64.3 Å². The average Bonchev–Trinajstić information content (AvgIpc) is 3.39. The van der Waals surface area contributed by atoms with E-state index >= 15 is 0 Å². The second-order valence-electron chi connectivity index (χ2n) is 12.1. The molecule has 14 nitrogen and oxygen atoms in total. The molecule has 3 aromatic rings. The molecule has 0 spiro atoms. The van der Waals surface area contributed by atoms with Gasteiger partial charge in [0.25, 0.3) is 0 Å². The molecule has 1 heterocycles. The van der Waals surface area contributed by atoms with E-state index in [2.05, 4.69) is 26.3 Å². The highest BCUT2D eigenvalue weighted by Crippen LogP contribution is 2.34. The minimum atomic E-state index is -1.53. The number of carbonyl (C=O) groups is 6. The van der Waals surface area contributed by atoms with E-state index in [4.69, 9.17) is 16.2 Å². The van der Waals surface area contributed by atoms with Crippen LogP contribution in [0.2, 0.25) is 0 Å². The summed E-state index contributed by atoms with van der Waals surface area (Å²) in [4.78, 5) is 80.4. The summed E-state index contributed by atoms with van der Waals surface area (Å²) < 4.78 is 5.25. The Morgan fingerprint density at radius 1 is 0.894 bits per heavy atom. The number of fused-ring (bicyclic) bond motifs is 3. The van der Waals surface area contributed by atoms with E-state index in [1.54, 1.807) is 26.0 Å². The standard InChI is InChI=1S/C33H41N7O7/c1-18(2)27(30(44)38-25(28(35)42)15-26(34)41)39-31(45)33(14-13-24-22(16-33)21-11-7-8-12-23(21)37-24)40-29(43)19(3)36-32(46)47-17-20-9-5-4-6-10-20/h4-12,18-19,25,27,37H,13-17H2,1-3H3,(H2,34,41)(H2,35,42)(H,36,46)(H,38,44)(H,39,45)(H,40,43)/t19-,25-,27-,33+/m0/s1. The first-order valence-electron chi connectivity index (χ1n) is 15.4. The summed E-state index contributed by atoms with van der Waals surface area (Å²) in [6.45, 7) is 4.85. The molecule has 0 radical (unpaired) electrons. The van der Waals surface area contributed by atoms with Gasteiger partial charge in [0.15, 0.2) is 0 Å². The number of aromatic nitrogens is 1. The maximum absolute atomic E-state index is 14.3. The quantitative estimate of drug-likeness (QED) is 0.141. The molecule has 4 atom stereocenters. The van der Waals surface area contributed by atoms with Gasteiger partial charge in [-0.1, -0.05) is 62.4 Å². The lowest BCUT2D eigenvalue weighted by Crippen LogP contribution is -2.66. The number of para-hydroxylation sites is 1. The summed E-state index contributed by atoms with van der Waals surface area (Å²) >= 11 is 0. The third-order valence-corrected chi connectivity index (χ3v) is 8.22. The van der Waals surface area contributed by atoms with Gasteiger partial charge in [-0.3, -0.25) is 24.0 Å². The van der Waals surface area contributed by atoms with Crippen LogP contribution >= 0.6 is 0 Å². The summed E-state index contributed by atoms with van der Waals surface area (Å²) in [6.07, 6.45) is -0.656. The molecule has 14 heteroatoms. The number of hydrogen-bond acceptors (Lipinski definition) is 7. The lowest BCUT2D eigenvalue weighted by molar-refractivity contribution is -0.138. The number of ether oxygens (including phenoxy) is 1. The first kappa shape index (κ1) is 34.5. The molecular weight excluding hydrogens is 606 g/mol. The number of nitrogens with one attached hydrogen (secondary N) is 5. The van der Waals surface area contributed by atoms with E-state index in [0.717, 1.165) is 27.7 Å². The number of benzene rings is 2. The van der Waals surface area contributed by atoms with E-state index in [1.165, 1.54) is 6.92 Å². The minimum absolute atomic E-state index is 0.00536. The highest BCUT2D eigenvalue weighted by molar-refractivity contribution is 5.99. The van der Waals surface area contributed by atoms with Crippen LogP contribution in [0.25, 0.3) is 10.9 Å². The summed E-state index contributed by atoms with van der Waals surface area (Å²) in [5, 5.41) is 11.4. The van der Waals surface area contributed by atoms with Crippen LogP contribution in [0.1, 0.15) is 50.4 Å². The number of carbonyl (C=O) groups excluding carboxylic acids is 6. The zero-order chi connectivity index (χ0) is 34.3. The summed E-state index contributed by atoms with van der Waals surface area (Å²) in [7, 11) is 0. The monoisotopic (exact) mass is 647 g/mol. The van der Waals surface area contributed by atoms with E-state index < -0.39 is 71.6 Å². The third kappa shape index (κ3) is 8.45. The lowest BCUT2D eigenvalue weighted by atomic mass is 9.78. The molecule has 0 fully saturated rings. The molecule has 0 saturated heterocycles. The molecule has 4 rings (SSSR count). The maximum atomic E-state index is 14.3. The largest absolute Gasteiger partial charge is 0.445 e.